The molecule has 5 nitrogen and oxygen atoms in total. The third-order valence-electron chi connectivity index (χ3n) is 4.20. The highest BCUT2D eigenvalue weighted by atomic mass is 16.4. The zero-order chi connectivity index (χ0) is 18.1. The summed E-state index contributed by atoms with van der Waals surface area (Å²) in [5, 5.41) is 17.1. The Balaban J connectivity index is 2.11. The fourth-order valence-electron chi connectivity index (χ4n) is 2.99. The molecular weight excluding hydrogens is 328 g/mol. The smallest absolute Gasteiger partial charge is 0.279 e. The van der Waals surface area contributed by atoms with Crippen molar-refractivity contribution in [2.24, 2.45) is 0 Å². The predicted molar refractivity (Wildman–Crippen MR) is 97.1 cm³/mol. The van der Waals surface area contributed by atoms with Gasteiger partial charge in [-0.25, -0.2) is 0 Å². The van der Waals surface area contributed by atoms with Crippen molar-refractivity contribution in [1.82, 2.24) is 9.78 Å². The predicted octanol–water partition coefficient (Wildman–Crippen LogP) is 2.42. The zero-order valence-corrected chi connectivity index (χ0v) is 13.6. The number of rotatable bonds is 3. The van der Waals surface area contributed by atoms with Gasteiger partial charge in [0.05, 0.1) is 22.7 Å². The summed E-state index contributed by atoms with van der Waals surface area (Å²) in [6.45, 7) is 0. The van der Waals surface area contributed by atoms with Gasteiger partial charge in [-0.1, -0.05) is 66.7 Å². The van der Waals surface area contributed by atoms with Crippen LogP contribution >= 0.6 is 0 Å². The van der Waals surface area contributed by atoms with E-state index >= 15 is 0 Å². The number of fused-ring (bicyclic) bond motifs is 1. The lowest BCUT2D eigenvalue weighted by atomic mass is 10.0. The molecule has 0 unspecified atom stereocenters. The molecule has 5 heteroatoms. The highest BCUT2D eigenvalue weighted by Crippen LogP contribution is 2.25. The molecule has 1 heterocycles. The Morgan fingerprint density at radius 2 is 1.42 bits per heavy atom. The van der Waals surface area contributed by atoms with E-state index < -0.39 is 5.97 Å². The van der Waals surface area contributed by atoms with Gasteiger partial charge in [-0.05, 0) is 12.1 Å². The van der Waals surface area contributed by atoms with E-state index in [9.17, 15) is 14.7 Å². The lowest BCUT2D eigenvalue weighted by Gasteiger charge is -2.14. The first-order valence-electron chi connectivity index (χ1n) is 8.05. The van der Waals surface area contributed by atoms with Crippen molar-refractivity contribution in [3.63, 3.8) is 0 Å². The summed E-state index contributed by atoms with van der Waals surface area (Å²) < 4.78 is 1.13. The molecule has 3 aromatic carbocycles. The first kappa shape index (κ1) is 15.8. The van der Waals surface area contributed by atoms with Crippen LogP contribution < -0.4 is 10.7 Å². The number of hydrogen-bond donors (Lipinski definition) is 0. The van der Waals surface area contributed by atoms with E-state index in [1.165, 1.54) is 6.07 Å². The van der Waals surface area contributed by atoms with Gasteiger partial charge in [0.1, 0.15) is 0 Å². The zero-order valence-electron chi connectivity index (χ0n) is 13.6. The van der Waals surface area contributed by atoms with Crippen LogP contribution in [0.4, 0.5) is 0 Å². The number of aromatic nitrogens is 2. The molecule has 4 rings (SSSR count). The third-order valence-corrected chi connectivity index (χ3v) is 4.20. The van der Waals surface area contributed by atoms with E-state index in [0.29, 0.717) is 16.5 Å². The Kier molecular flexibility index (Phi) is 3.82. The van der Waals surface area contributed by atoms with Crippen LogP contribution in [0.15, 0.2) is 83.7 Å². The number of benzene rings is 3. The van der Waals surface area contributed by atoms with Crippen molar-refractivity contribution in [3.05, 3.63) is 94.8 Å². The van der Waals surface area contributed by atoms with Gasteiger partial charge in [-0.2, -0.15) is 9.78 Å². The summed E-state index contributed by atoms with van der Waals surface area (Å²) >= 11 is 0. The number of hydrogen-bond acceptors (Lipinski definition) is 4. The van der Waals surface area contributed by atoms with Crippen molar-refractivity contribution >= 4 is 16.7 Å². The highest BCUT2D eigenvalue weighted by molar-refractivity contribution is 5.94. The SMILES string of the molecule is O=C([O-])c1ccccc1-n1nc(-c2ccccc2)c2ccccc2c1=O. The van der Waals surface area contributed by atoms with Crippen LogP contribution in [0.1, 0.15) is 10.4 Å². The first-order valence-corrected chi connectivity index (χ1v) is 8.05. The molecule has 0 atom stereocenters. The maximum Gasteiger partial charge on any atom is 0.279 e. The fourth-order valence-corrected chi connectivity index (χ4v) is 2.99. The van der Waals surface area contributed by atoms with Gasteiger partial charge < -0.3 is 9.90 Å². The quantitative estimate of drug-likeness (QED) is 0.573. The largest absolute Gasteiger partial charge is 0.545 e. The number of carbonyl (C=O) groups excluding carboxylic acids is 1. The molecule has 0 N–H and O–H groups in total. The Morgan fingerprint density at radius 1 is 0.808 bits per heavy atom. The Hall–Kier alpha value is -3.73. The number of carboxylic acids is 1. The molecule has 0 radical (unpaired) electrons. The van der Waals surface area contributed by atoms with Crippen molar-refractivity contribution in [3.8, 4) is 16.9 Å². The Bertz CT molecular complexity index is 1180. The van der Waals surface area contributed by atoms with E-state index in [4.69, 9.17) is 0 Å². The van der Waals surface area contributed by atoms with Crippen LogP contribution in [0.5, 0.6) is 0 Å². The molecule has 0 aliphatic rings. The van der Waals surface area contributed by atoms with Crippen LogP contribution in [0.3, 0.4) is 0 Å². The lowest BCUT2D eigenvalue weighted by Crippen LogP contribution is -2.28. The van der Waals surface area contributed by atoms with E-state index in [1.54, 1.807) is 30.3 Å². The number of carbonyl (C=O) groups is 1. The van der Waals surface area contributed by atoms with Gasteiger partial charge in [0.2, 0.25) is 0 Å². The molecular formula is C21H13N2O3-. The Labute approximate surface area is 148 Å². The summed E-state index contributed by atoms with van der Waals surface area (Å²) in [5.74, 6) is -1.36. The molecule has 0 bridgehead atoms. The van der Waals surface area contributed by atoms with Crippen molar-refractivity contribution in [2.45, 2.75) is 0 Å². The van der Waals surface area contributed by atoms with Crippen LogP contribution in [0, 0.1) is 0 Å². The minimum absolute atomic E-state index is 0.0867. The van der Waals surface area contributed by atoms with Crippen molar-refractivity contribution in [1.29, 1.82) is 0 Å². The van der Waals surface area contributed by atoms with Gasteiger partial charge in [0.25, 0.3) is 5.56 Å². The van der Waals surface area contributed by atoms with Crippen LogP contribution in [0.2, 0.25) is 0 Å². The third kappa shape index (κ3) is 2.56. The summed E-state index contributed by atoms with van der Waals surface area (Å²) in [6.07, 6.45) is 0. The molecule has 0 saturated carbocycles. The van der Waals surface area contributed by atoms with Crippen LogP contribution in [0.25, 0.3) is 27.7 Å². The molecule has 1 aromatic heterocycles. The molecule has 0 aliphatic carbocycles. The molecule has 0 amide bonds. The minimum Gasteiger partial charge on any atom is -0.545 e. The maximum atomic E-state index is 13.0. The standard InChI is InChI=1S/C21H14N2O3/c24-20-16-11-5-4-10-15(16)19(14-8-2-1-3-9-14)22-23(20)18-13-7-6-12-17(18)21(25)26/h1-13H,(H,25,26)/p-1. The molecule has 4 aromatic rings. The van der Waals surface area contributed by atoms with Gasteiger partial charge in [-0.15, -0.1) is 0 Å². The molecule has 26 heavy (non-hydrogen) atoms. The first-order chi connectivity index (χ1) is 12.7. The van der Waals surface area contributed by atoms with Gasteiger partial charge in [-0.3, -0.25) is 4.79 Å². The van der Waals surface area contributed by atoms with Crippen LogP contribution in [-0.2, 0) is 0 Å². The molecule has 126 valence electrons. The minimum atomic E-state index is -1.36. The average molecular weight is 341 g/mol. The normalized spacial score (nSPS) is 10.8. The molecule has 0 fully saturated rings. The summed E-state index contributed by atoms with van der Waals surface area (Å²) in [5.41, 5.74) is 1.16. The second kappa shape index (κ2) is 6.29. The van der Waals surface area contributed by atoms with E-state index in [2.05, 4.69) is 5.10 Å². The van der Waals surface area contributed by atoms with Gasteiger partial charge in [0.15, 0.2) is 0 Å². The van der Waals surface area contributed by atoms with E-state index in [0.717, 1.165) is 10.2 Å². The number of aromatic carboxylic acids is 1. The van der Waals surface area contributed by atoms with Crippen molar-refractivity contribution < 1.29 is 9.90 Å². The number of para-hydroxylation sites is 1. The summed E-state index contributed by atoms with van der Waals surface area (Å²) in [4.78, 5) is 24.4. The van der Waals surface area contributed by atoms with Gasteiger partial charge >= 0.3 is 0 Å². The number of nitrogens with zero attached hydrogens (tertiary/aromatic N) is 2. The topological polar surface area (TPSA) is 75.0 Å². The Morgan fingerprint density at radius 3 is 2.15 bits per heavy atom. The number of carboxylic acid groups (broad SMARTS) is 1. The second-order valence-corrected chi connectivity index (χ2v) is 5.78. The van der Waals surface area contributed by atoms with E-state index in [1.807, 2.05) is 42.5 Å². The van der Waals surface area contributed by atoms with Gasteiger partial charge in [0, 0.05) is 16.5 Å². The summed E-state index contributed by atoms with van der Waals surface area (Å²) in [6, 6.07) is 22.8. The highest BCUT2D eigenvalue weighted by Gasteiger charge is 2.15. The monoisotopic (exact) mass is 341 g/mol. The molecule has 0 spiro atoms. The maximum absolute atomic E-state index is 13.0. The second-order valence-electron chi connectivity index (χ2n) is 5.78. The fraction of sp³-hybridized carbons (Fsp3) is 0. The molecule has 0 saturated heterocycles. The van der Waals surface area contributed by atoms with Crippen LogP contribution in [-0.4, -0.2) is 15.7 Å². The van der Waals surface area contributed by atoms with Crippen molar-refractivity contribution in [2.75, 3.05) is 0 Å². The summed E-state index contributed by atoms with van der Waals surface area (Å²) in [7, 11) is 0. The molecule has 0 aliphatic heterocycles. The average Bonchev–Trinajstić information content (AvgIpc) is 2.69. The lowest BCUT2D eigenvalue weighted by molar-refractivity contribution is -0.255. The van der Waals surface area contributed by atoms with E-state index in [-0.39, 0.29) is 16.8 Å².